The van der Waals surface area contributed by atoms with Crippen molar-refractivity contribution in [2.75, 3.05) is 6.54 Å². The first-order chi connectivity index (χ1) is 9.52. The van der Waals surface area contributed by atoms with Crippen LogP contribution < -0.4 is 0 Å². The van der Waals surface area contributed by atoms with Crippen molar-refractivity contribution >= 4 is 11.9 Å². The van der Waals surface area contributed by atoms with Crippen LogP contribution in [0.2, 0.25) is 0 Å². The summed E-state index contributed by atoms with van der Waals surface area (Å²) in [6, 6.07) is 7.64. The fourth-order valence-corrected chi connectivity index (χ4v) is 2.75. The Balaban J connectivity index is 2.07. The van der Waals surface area contributed by atoms with Crippen LogP contribution in [0.1, 0.15) is 42.6 Å². The van der Waals surface area contributed by atoms with Gasteiger partial charge in [-0.2, -0.15) is 0 Å². The number of hydrogen-bond acceptors (Lipinski definition) is 2. The number of carbonyl (C=O) groups excluding carboxylic acids is 1. The molecule has 1 heterocycles. The zero-order valence-electron chi connectivity index (χ0n) is 12.0. The SMILES string of the molecule is CCc1ccc(C(=O)N2CCC(C(=O)O)CC2C)cc1. The molecule has 2 rings (SSSR count). The molecule has 2 unspecified atom stereocenters. The molecule has 1 N–H and O–H groups in total. The number of carbonyl (C=O) groups is 2. The van der Waals surface area contributed by atoms with Crippen molar-refractivity contribution in [3.05, 3.63) is 35.4 Å². The highest BCUT2D eigenvalue weighted by molar-refractivity contribution is 5.94. The average Bonchev–Trinajstić information content (AvgIpc) is 2.46. The van der Waals surface area contributed by atoms with Gasteiger partial charge in [0.1, 0.15) is 0 Å². The quantitative estimate of drug-likeness (QED) is 0.922. The molecule has 0 aliphatic carbocycles. The lowest BCUT2D eigenvalue weighted by atomic mass is 9.91. The summed E-state index contributed by atoms with van der Waals surface area (Å²) >= 11 is 0. The number of amides is 1. The van der Waals surface area contributed by atoms with Crippen LogP contribution in [0.25, 0.3) is 0 Å². The standard InChI is InChI=1S/C16H21NO3/c1-3-12-4-6-13(7-5-12)15(18)17-9-8-14(16(19)20)10-11(17)2/h4-7,11,14H,3,8-10H2,1-2H3,(H,19,20). The van der Waals surface area contributed by atoms with E-state index < -0.39 is 5.97 Å². The molecule has 108 valence electrons. The van der Waals surface area contributed by atoms with Crippen LogP contribution in [0, 0.1) is 5.92 Å². The second-order valence-electron chi connectivity index (χ2n) is 5.46. The highest BCUT2D eigenvalue weighted by atomic mass is 16.4. The Bertz CT molecular complexity index is 495. The Morgan fingerprint density at radius 2 is 1.95 bits per heavy atom. The van der Waals surface area contributed by atoms with E-state index in [2.05, 4.69) is 6.92 Å². The zero-order chi connectivity index (χ0) is 14.7. The maximum absolute atomic E-state index is 12.5. The molecule has 0 bridgehead atoms. The van der Waals surface area contributed by atoms with Gasteiger partial charge in [0.25, 0.3) is 5.91 Å². The Labute approximate surface area is 119 Å². The smallest absolute Gasteiger partial charge is 0.306 e. The number of nitrogens with zero attached hydrogens (tertiary/aromatic N) is 1. The fraction of sp³-hybridized carbons (Fsp3) is 0.500. The topological polar surface area (TPSA) is 57.6 Å². The van der Waals surface area contributed by atoms with Crippen molar-refractivity contribution in [1.29, 1.82) is 0 Å². The minimum atomic E-state index is -0.753. The van der Waals surface area contributed by atoms with Crippen LogP contribution in [0.4, 0.5) is 0 Å². The van der Waals surface area contributed by atoms with Gasteiger partial charge in [-0.05, 0) is 43.9 Å². The summed E-state index contributed by atoms with van der Waals surface area (Å²) in [4.78, 5) is 25.3. The van der Waals surface area contributed by atoms with Gasteiger partial charge in [-0.15, -0.1) is 0 Å². The first-order valence-corrected chi connectivity index (χ1v) is 7.15. The van der Waals surface area contributed by atoms with Gasteiger partial charge < -0.3 is 10.0 Å². The number of carboxylic acids is 1. The summed E-state index contributed by atoms with van der Waals surface area (Å²) in [6.07, 6.45) is 2.03. The van der Waals surface area contributed by atoms with E-state index in [0.29, 0.717) is 24.9 Å². The fourth-order valence-electron chi connectivity index (χ4n) is 2.75. The van der Waals surface area contributed by atoms with Gasteiger partial charge in [-0.1, -0.05) is 19.1 Å². The van der Waals surface area contributed by atoms with Crippen molar-refractivity contribution < 1.29 is 14.7 Å². The lowest BCUT2D eigenvalue weighted by Crippen LogP contribution is -2.46. The summed E-state index contributed by atoms with van der Waals surface area (Å²) in [5.41, 5.74) is 1.89. The molecule has 4 nitrogen and oxygen atoms in total. The van der Waals surface area contributed by atoms with Crippen LogP contribution in [-0.4, -0.2) is 34.5 Å². The number of carboxylic acid groups (broad SMARTS) is 1. The number of benzene rings is 1. The molecular weight excluding hydrogens is 254 g/mol. The minimum absolute atomic E-state index is 0.00370. The van der Waals surface area contributed by atoms with Gasteiger partial charge in [-0.3, -0.25) is 9.59 Å². The van der Waals surface area contributed by atoms with Crippen molar-refractivity contribution in [3.63, 3.8) is 0 Å². The average molecular weight is 275 g/mol. The number of aliphatic carboxylic acids is 1. The number of rotatable bonds is 3. The number of piperidine rings is 1. The van der Waals surface area contributed by atoms with Crippen LogP contribution in [0.5, 0.6) is 0 Å². The van der Waals surface area contributed by atoms with E-state index in [-0.39, 0.29) is 17.9 Å². The van der Waals surface area contributed by atoms with Crippen LogP contribution in [0.3, 0.4) is 0 Å². The zero-order valence-corrected chi connectivity index (χ0v) is 12.0. The largest absolute Gasteiger partial charge is 0.481 e. The Hall–Kier alpha value is -1.84. The molecule has 1 amide bonds. The molecule has 1 aromatic rings. The number of hydrogen-bond donors (Lipinski definition) is 1. The van der Waals surface area contributed by atoms with Crippen LogP contribution in [-0.2, 0) is 11.2 Å². The first-order valence-electron chi connectivity index (χ1n) is 7.15. The lowest BCUT2D eigenvalue weighted by molar-refractivity contribution is -0.143. The molecule has 1 aromatic carbocycles. The molecule has 1 aliphatic rings. The van der Waals surface area contributed by atoms with E-state index in [4.69, 9.17) is 5.11 Å². The molecule has 1 aliphatic heterocycles. The third kappa shape index (κ3) is 3.00. The maximum Gasteiger partial charge on any atom is 0.306 e. The van der Waals surface area contributed by atoms with Gasteiger partial charge in [0, 0.05) is 18.2 Å². The highest BCUT2D eigenvalue weighted by Gasteiger charge is 2.32. The number of aryl methyl sites for hydroxylation is 1. The molecule has 0 radical (unpaired) electrons. The van der Waals surface area contributed by atoms with E-state index in [0.717, 1.165) is 6.42 Å². The monoisotopic (exact) mass is 275 g/mol. The molecule has 2 atom stereocenters. The second-order valence-corrected chi connectivity index (χ2v) is 5.46. The minimum Gasteiger partial charge on any atom is -0.481 e. The van der Waals surface area contributed by atoms with Gasteiger partial charge >= 0.3 is 5.97 Å². The predicted molar refractivity (Wildman–Crippen MR) is 76.7 cm³/mol. The van der Waals surface area contributed by atoms with Crippen molar-refractivity contribution in [2.45, 2.75) is 39.2 Å². The Morgan fingerprint density at radius 3 is 2.45 bits per heavy atom. The Morgan fingerprint density at radius 1 is 1.30 bits per heavy atom. The van der Waals surface area contributed by atoms with Crippen molar-refractivity contribution in [1.82, 2.24) is 4.90 Å². The molecule has 0 aromatic heterocycles. The lowest BCUT2D eigenvalue weighted by Gasteiger charge is -2.36. The summed E-state index contributed by atoms with van der Waals surface area (Å²) in [5, 5.41) is 9.05. The van der Waals surface area contributed by atoms with E-state index >= 15 is 0 Å². The summed E-state index contributed by atoms with van der Waals surface area (Å²) in [7, 11) is 0. The first kappa shape index (κ1) is 14.6. The van der Waals surface area contributed by atoms with Crippen LogP contribution >= 0.6 is 0 Å². The van der Waals surface area contributed by atoms with E-state index in [1.54, 1.807) is 4.90 Å². The highest BCUT2D eigenvalue weighted by Crippen LogP contribution is 2.24. The third-order valence-electron chi connectivity index (χ3n) is 4.10. The normalized spacial score (nSPS) is 22.6. The molecule has 0 saturated carbocycles. The molecule has 1 saturated heterocycles. The molecule has 0 spiro atoms. The second kappa shape index (κ2) is 6.07. The van der Waals surface area contributed by atoms with E-state index in [1.807, 2.05) is 31.2 Å². The summed E-state index contributed by atoms with van der Waals surface area (Å²) in [5.74, 6) is -1.07. The molecule has 1 fully saturated rings. The third-order valence-corrected chi connectivity index (χ3v) is 4.10. The van der Waals surface area contributed by atoms with Gasteiger partial charge in [0.05, 0.1) is 5.92 Å². The maximum atomic E-state index is 12.5. The van der Waals surface area contributed by atoms with Gasteiger partial charge in [-0.25, -0.2) is 0 Å². The molecule has 20 heavy (non-hydrogen) atoms. The van der Waals surface area contributed by atoms with Crippen LogP contribution in [0.15, 0.2) is 24.3 Å². The molecule has 4 heteroatoms. The van der Waals surface area contributed by atoms with E-state index in [9.17, 15) is 9.59 Å². The van der Waals surface area contributed by atoms with Crippen molar-refractivity contribution in [3.8, 4) is 0 Å². The van der Waals surface area contributed by atoms with E-state index in [1.165, 1.54) is 5.56 Å². The molecular formula is C16H21NO3. The van der Waals surface area contributed by atoms with Gasteiger partial charge in [0.15, 0.2) is 0 Å². The number of likely N-dealkylation sites (tertiary alicyclic amines) is 1. The Kier molecular flexibility index (Phi) is 4.42. The van der Waals surface area contributed by atoms with Crippen molar-refractivity contribution in [2.24, 2.45) is 5.92 Å². The summed E-state index contributed by atoms with van der Waals surface area (Å²) < 4.78 is 0. The van der Waals surface area contributed by atoms with Gasteiger partial charge in [0.2, 0.25) is 0 Å². The predicted octanol–water partition coefficient (Wildman–Crippen LogP) is 2.57. The summed E-state index contributed by atoms with van der Waals surface area (Å²) in [6.45, 7) is 4.52.